The van der Waals surface area contributed by atoms with Crippen LogP contribution in [0.15, 0.2) is 88.9 Å². The second-order valence-corrected chi connectivity index (χ2v) is 8.14. The lowest BCUT2D eigenvalue weighted by Gasteiger charge is -2.10. The standard InChI is InChI=1S/C21H18N4O3S/c26-20-14-18(16-6-2-1-3-7-16)23-15-25(20)13-12-24-29(27,28)19-10-4-8-17-9-5-11-22-21(17)19/h1-11,14-15,24H,12-13H2. The number of sulfonamides is 1. The zero-order valence-electron chi connectivity index (χ0n) is 15.4. The van der Waals surface area contributed by atoms with Crippen molar-refractivity contribution >= 4 is 20.9 Å². The number of rotatable bonds is 6. The minimum Gasteiger partial charge on any atom is -0.298 e. The average molecular weight is 406 g/mol. The van der Waals surface area contributed by atoms with E-state index in [0.29, 0.717) is 11.2 Å². The van der Waals surface area contributed by atoms with Crippen molar-refractivity contribution in [2.24, 2.45) is 0 Å². The number of hydrogen-bond donors (Lipinski definition) is 1. The van der Waals surface area contributed by atoms with Gasteiger partial charge in [-0.25, -0.2) is 18.1 Å². The number of hydrogen-bond acceptors (Lipinski definition) is 5. The van der Waals surface area contributed by atoms with Gasteiger partial charge in [0.15, 0.2) is 0 Å². The highest BCUT2D eigenvalue weighted by molar-refractivity contribution is 7.89. The number of para-hydroxylation sites is 1. The summed E-state index contributed by atoms with van der Waals surface area (Å²) in [5.41, 5.74) is 1.59. The van der Waals surface area contributed by atoms with E-state index < -0.39 is 10.0 Å². The molecule has 0 aliphatic carbocycles. The molecule has 0 aliphatic rings. The molecular formula is C21H18N4O3S. The van der Waals surface area contributed by atoms with E-state index in [1.54, 1.807) is 30.5 Å². The van der Waals surface area contributed by atoms with E-state index in [1.165, 1.54) is 23.0 Å². The van der Waals surface area contributed by atoms with E-state index >= 15 is 0 Å². The van der Waals surface area contributed by atoms with E-state index in [-0.39, 0.29) is 23.5 Å². The van der Waals surface area contributed by atoms with E-state index in [0.717, 1.165) is 10.9 Å². The molecular weight excluding hydrogens is 388 g/mol. The first-order chi connectivity index (χ1) is 14.0. The molecule has 0 unspecified atom stereocenters. The number of nitrogens with zero attached hydrogens (tertiary/aromatic N) is 3. The van der Waals surface area contributed by atoms with Gasteiger partial charge in [-0.3, -0.25) is 14.3 Å². The van der Waals surface area contributed by atoms with Gasteiger partial charge in [0, 0.05) is 36.3 Å². The van der Waals surface area contributed by atoms with Crippen LogP contribution in [0.2, 0.25) is 0 Å². The molecule has 7 nitrogen and oxygen atoms in total. The number of aromatic nitrogens is 3. The van der Waals surface area contributed by atoms with Gasteiger partial charge in [-0.15, -0.1) is 0 Å². The molecule has 2 aromatic heterocycles. The third kappa shape index (κ3) is 4.08. The molecule has 29 heavy (non-hydrogen) atoms. The predicted octanol–water partition coefficient (Wildman–Crippen LogP) is 2.44. The Bertz CT molecular complexity index is 1310. The number of pyridine rings is 1. The van der Waals surface area contributed by atoms with Gasteiger partial charge in [-0.2, -0.15) is 0 Å². The minimum absolute atomic E-state index is 0.0534. The second-order valence-electron chi connectivity index (χ2n) is 6.40. The fourth-order valence-corrected chi connectivity index (χ4v) is 4.23. The molecule has 2 aromatic carbocycles. The van der Waals surface area contributed by atoms with Gasteiger partial charge in [-0.05, 0) is 12.1 Å². The first kappa shape index (κ1) is 19.0. The molecule has 1 N–H and O–H groups in total. The Morgan fingerprint density at radius 1 is 0.931 bits per heavy atom. The van der Waals surface area contributed by atoms with Gasteiger partial charge in [0.25, 0.3) is 5.56 Å². The lowest BCUT2D eigenvalue weighted by Crippen LogP contribution is -2.31. The van der Waals surface area contributed by atoms with Gasteiger partial charge in [-0.1, -0.05) is 48.5 Å². The zero-order valence-corrected chi connectivity index (χ0v) is 16.2. The van der Waals surface area contributed by atoms with Crippen LogP contribution < -0.4 is 10.3 Å². The summed E-state index contributed by atoms with van der Waals surface area (Å²) >= 11 is 0. The van der Waals surface area contributed by atoms with E-state index in [4.69, 9.17) is 0 Å². The van der Waals surface area contributed by atoms with Crippen LogP contribution >= 0.6 is 0 Å². The van der Waals surface area contributed by atoms with Crippen molar-refractivity contribution in [2.75, 3.05) is 6.54 Å². The lowest BCUT2D eigenvalue weighted by atomic mass is 10.1. The third-order valence-corrected chi connectivity index (χ3v) is 5.97. The van der Waals surface area contributed by atoms with E-state index in [2.05, 4.69) is 14.7 Å². The molecule has 8 heteroatoms. The molecule has 0 aliphatic heterocycles. The largest absolute Gasteiger partial charge is 0.298 e. The van der Waals surface area contributed by atoms with Crippen molar-refractivity contribution in [2.45, 2.75) is 11.4 Å². The highest BCUT2D eigenvalue weighted by atomic mass is 32.2. The average Bonchev–Trinajstić information content (AvgIpc) is 2.75. The molecule has 2 heterocycles. The fraction of sp³-hybridized carbons (Fsp3) is 0.0952. The Labute approximate surface area is 167 Å². The molecule has 0 saturated carbocycles. The third-order valence-electron chi connectivity index (χ3n) is 4.48. The molecule has 0 fully saturated rings. The van der Waals surface area contributed by atoms with Crippen LogP contribution in [0, 0.1) is 0 Å². The minimum atomic E-state index is -3.77. The Balaban J connectivity index is 1.49. The first-order valence-corrected chi connectivity index (χ1v) is 10.5. The summed E-state index contributed by atoms with van der Waals surface area (Å²) in [6.07, 6.45) is 2.99. The van der Waals surface area contributed by atoms with Crippen LogP contribution in [-0.2, 0) is 16.6 Å². The van der Waals surface area contributed by atoms with Crippen LogP contribution in [0.1, 0.15) is 0 Å². The molecule has 0 amide bonds. The number of nitrogens with one attached hydrogen (secondary N) is 1. The summed E-state index contributed by atoms with van der Waals surface area (Å²) in [4.78, 5) is 20.9. The quantitative estimate of drug-likeness (QED) is 0.531. The topological polar surface area (TPSA) is 94.0 Å². The molecule has 0 saturated heterocycles. The van der Waals surface area contributed by atoms with Crippen molar-refractivity contribution < 1.29 is 8.42 Å². The van der Waals surface area contributed by atoms with Crippen molar-refractivity contribution in [1.82, 2.24) is 19.3 Å². The predicted molar refractivity (Wildman–Crippen MR) is 111 cm³/mol. The summed E-state index contributed by atoms with van der Waals surface area (Å²) in [5.74, 6) is 0. The monoisotopic (exact) mass is 406 g/mol. The van der Waals surface area contributed by atoms with Crippen LogP contribution in [0.3, 0.4) is 0 Å². The Kier molecular flexibility index (Phi) is 5.20. The van der Waals surface area contributed by atoms with Gasteiger partial charge in [0.2, 0.25) is 10.0 Å². The van der Waals surface area contributed by atoms with Crippen molar-refractivity contribution in [1.29, 1.82) is 0 Å². The van der Waals surface area contributed by atoms with Gasteiger partial charge < -0.3 is 0 Å². The molecule has 0 radical (unpaired) electrons. The zero-order chi connectivity index (χ0) is 20.3. The summed E-state index contributed by atoms with van der Waals surface area (Å²) in [6, 6.07) is 19.4. The summed E-state index contributed by atoms with van der Waals surface area (Å²) in [5, 5.41) is 0.743. The highest BCUT2D eigenvalue weighted by Crippen LogP contribution is 2.20. The summed E-state index contributed by atoms with van der Waals surface area (Å²) in [7, 11) is -3.77. The van der Waals surface area contributed by atoms with E-state index in [1.807, 2.05) is 30.3 Å². The van der Waals surface area contributed by atoms with Crippen LogP contribution in [-0.4, -0.2) is 29.5 Å². The molecule has 0 spiro atoms. The molecule has 4 aromatic rings. The second kappa shape index (κ2) is 7.94. The van der Waals surface area contributed by atoms with Crippen molar-refractivity contribution in [3.05, 3.63) is 89.6 Å². The maximum absolute atomic E-state index is 12.7. The fourth-order valence-electron chi connectivity index (χ4n) is 3.03. The smallest absolute Gasteiger partial charge is 0.253 e. The highest BCUT2D eigenvalue weighted by Gasteiger charge is 2.17. The SMILES string of the molecule is O=c1cc(-c2ccccc2)ncn1CCNS(=O)(=O)c1cccc2cccnc12. The summed E-state index contributed by atoms with van der Waals surface area (Å²) < 4.78 is 29.3. The number of fused-ring (bicyclic) bond motifs is 1. The number of benzene rings is 2. The normalized spacial score (nSPS) is 11.6. The van der Waals surface area contributed by atoms with Gasteiger partial charge in [0.1, 0.15) is 4.90 Å². The van der Waals surface area contributed by atoms with Crippen molar-refractivity contribution in [3.63, 3.8) is 0 Å². The van der Waals surface area contributed by atoms with Crippen molar-refractivity contribution in [3.8, 4) is 11.3 Å². The molecule has 4 rings (SSSR count). The van der Waals surface area contributed by atoms with Crippen LogP contribution in [0.25, 0.3) is 22.2 Å². The summed E-state index contributed by atoms with van der Waals surface area (Å²) in [6.45, 7) is 0.218. The first-order valence-electron chi connectivity index (χ1n) is 9.00. The maximum Gasteiger partial charge on any atom is 0.253 e. The van der Waals surface area contributed by atoms with Crippen LogP contribution in [0.5, 0.6) is 0 Å². The molecule has 0 bridgehead atoms. The Morgan fingerprint density at radius 2 is 1.72 bits per heavy atom. The maximum atomic E-state index is 12.7. The molecule has 146 valence electrons. The van der Waals surface area contributed by atoms with Gasteiger partial charge in [0.05, 0.1) is 17.5 Å². The Morgan fingerprint density at radius 3 is 2.52 bits per heavy atom. The van der Waals surface area contributed by atoms with E-state index in [9.17, 15) is 13.2 Å². The molecule has 0 atom stereocenters. The van der Waals surface area contributed by atoms with Crippen LogP contribution in [0.4, 0.5) is 0 Å². The van der Waals surface area contributed by atoms with Gasteiger partial charge >= 0.3 is 0 Å². The Hall–Kier alpha value is -3.36. The lowest BCUT2D eigenvalue weighted by molar-refractivity contribution is 0.569.